The van der Waals surface area contributed by atoms with E-state index in [4.69, 9.17) is 49.3 Å². The molecule has 4 aromatic rings. The molecule has 0 radical (unpaired) electrons. The number of hydrazone groups is 4. The van der Waals surface area contributed by atoms with Crippen LogP contribution in [0.5, 0.6) is 11.5 Å². The number of ether oxygens (including phenoxy) is 1. The van der Waals surface area contributed by atoms with Crippen molar-refractivity contribution in [2.24, 2.45) is 43.3 Å². The zero-order valence-electron chi connectivity index (χ0n) is 32.4. The molecular formula is C38H44N18O3. The van der Waals surface area contributed by atoms with E-state index in [1.165, 1.54) is 0 Å². The van der Waals surface area contributed by atoms with Gasteiger partial charge in [-0.2, -0.15) is 20.4 Å². The van der Waals surface area contributed by atoms with Gasteiger partial charge >= 0.3 is 0 Å². The molecule has 0 fully saturated rings. The smallest absolute Gasteiger partial charge is 0.255 e. The molecule has 18 N–H and O–H groups in total. The molecule has 0 aliphatic carbocycles. The van der Waals surface area contributed by atoms with E-state index in [1.54, 1.807) is 113 Å². The molecule has 0 spiro atoms. The van der Waals surface area contributed by atoms with Gasteiger partial charge in [-0.15, -0.1) is 0 Å². The summed E-state index contributed by atoms with van der Waals surface area (Å²) in [6.45, 7) is 6.79. The topological polar surface area (TPSA) is 364 Å². The fourth-order valence-corrected chi connectivity index (χ4v) is 4.96. The molecule has 0 aromatic heterocycles. The van der Waals surface area contributed by atoms with E-state index in [0.29, 0.717) is 79.1 Å². The van der Waals surface area contributed by atoms with Crippen LogP contribution in [0.1, 0.15) is 70.7 Å². The Kier molecular flexibility index (Phi) is 14.5. The lowest BCUT2D eigenvalue weighted by Crippen LogP contribution is -2.27. The molecule has 21 heteroatoms. The van der Waals surface area contributed by atoms with Gasteiger partial charge < -0.3 is 38.3 Å². The van der Waals surface area contributed by atoms with Crippen molar-refractivity contribution in [3.8, 4) is 11.5 Å². The molecule has 0 bridgehead atoms. The summed E-state index contributed by atoms with van der Waals surface area (Å²) in [7, 11) is 0. The molecule has 59 heavy (non-hydrogen) atoms. The van der Waals surface area contributed by atoms with Gasteiger partial charge in [-0.05, 0) is 113 Å². The lowest BCUT2D eigenvalue weighted by atomic mass is 10.0. The molecule has 0 atom stereocenters. The van der Waals surface area contributed by atoms with E-state index in [1.807, 2.05) is 0 Å². The molecule has 0 unspecified atom stereocenters. The summed E-state index contributed by atoms with van der Waals surface area (Å²) in [5, 5.41) is 51.7. The molecule has 0 saturated carbocycles. The Morgan fingerprint density at radius 3 is 0.932 bits per heavy atom. The Hall–Kier alpha value is -8.62. The average Bonchev–Trinajstić information content (AvgIpc) is 3.20. The zero-order valence-corrected chi connectivity index (χ0v) is 32.4. The molecule has 2 amide bonds. The predicted molar refractivity (Wildman–Crippen MR) is 231 cm³/mol. The van der Waals surface area contributed by atoms with Crippen LogP contribution in [0, 0.1) is 21.6 Å². The van der Waals surface area contributed by atoms with E-state index in [2.05, 4.69) is 52.7 Å². The van der Waals surface area contributed by atoms with Crippen LogP contribution in [0.4, 0.5) is 11.4 Å². The Balaban J connectivity index is 1.47. The highest BCUT2D eigenvalue weighted by atomic mass is 16.5. The fraction of sp³-hybridized carbons (Fsp3) is 0.105. The molecular weight excluding hydrogens is 757 g/mol. The van der Waals surface area contributed by atoms with Gasteiger partial charge in [0.2, 0.25) is 23.8 Å². The van der Waals surface area contributed by atoms with Crippen molar-refractivity contribution in [2.45, 2.75) is 27.7 Å². The number of benzene rings is 4. The van der Waals surface area contributed by atoms with Crippen LogP contribution in [-0.4, -0.2) is 58.5 Å². The van der Waals surface area contributed by atoms with Gasteiger partial charge in [0.05, 0.1) is 22.8 Å². The van der Waals surface area contributed by atoms with Crippen LogP contribution in [0.25, 0.3) is 0 Å². The Bertz CT molecular complexity index is 2130. The molecule has 304 valence electrons. The minimum absolute atomic E-state index is 0.337. The standard InChI is InChI=1S/C38H44N18O3/c1-19(49-53-35(39)40)25-13-26(20(2)50-54-36(41)42)16-29(15-25)47-33(57)23-5-9-31(10-6-23)59-32-11-7-24(8-12-32)34(58)48-30-17-27(21(3)51-55-37(43)44)14-28(18-30)22(4)52-56-38(45)46/h5-18H,1-4H3,(H,47,57)(H,48,58)(H4,39,40,53)(H4,41,42,54)(H4,43,44,55)(H4,45,46,56)/b49-19-,50-20-,51-21-,52-22+. The van der Waals surface area contributed by atoms with Gasteiger partial charge in [-0.1, -0.05) is 0 Å². The van der Waals surface area contributed by atoms with Crippen molar-refractivity contribution >= 4 is 69.9 Å². The van der Waals surface area contributed by atoms with Crippen molar-refractivity contribution in [1.82, 2.24) is 21.7 Å². The number of nitrogens with two attached hydrogens (primary N) is 4. The number of nitrogens with one attached hydrogen (secondary N) is 10. The monoisotopic (exact) mass is 800 g/mol. The summed E-state index contributed by atoms with van der Waals surface area (Å²) >= 11 is 0. The van der Waals surface area contributed by atoms with E-state index < -0.39 is 11.8 Å². The third-order valence-corrected chi connectivity index (χ3v) is 7.90. The molecule has 0 saturated heterocycles. The molecule has 4 rings (SSSR count). The highest BCUT2D eigenvalue weighted by Gasteiger charge is 2.14. The maximum absolute atomic E-state index is 13.3. The summed E-state index contributed by atoms with van der Waals surface area (Å²) in [5.41, 5.74) is 36.9. The lowest BCUT2D eigenvalue weighted by molar-refractivity contribution is 0.101. The number of carbonyl (C=O) groups is 2. The maximum atomic E-state index is 13.3. The number of rotatable bonds is 14. The number of nitrogens with zero attached hydrogens (tertiary/aromatic N) is 4. The highest BCUT2D eigenvalue weighted by Crippen LogP contribution is 2.24. The van der Waals surface area contributed by atoms with Crippen molar-refractivity contribution in [3.63, 3.8) is 0 Å². The minimum atomic E-state index is -0.411. The Morgan fingerprint density at radius 1 is 0.441 bits per heavy atom. The van der Waals surface area contributed by atoms with Gasteiger partial charge in [-0.3, -0.25) is 31.2 Å². The van der Waals surface area contributed by atoms with E-state index in [0.717, 1.165) is 0 Å². The summed E-state index contributed by atoms with van der Waals surface area (Å²) in [6, 6.07) is 23.2. The number of guanidine groups is 4. The second-order valence-corrected chi connectivity index (χ2v) is 12.5. The first-order chi connectivity index (χ1) is 28.0. The van der Waals surface area contributed by atoms with Gasteiger partial charge in [-0.25, -0.2) is 21.7 Å². The molecule has 0 aliphatic heterocycles. The van der Waals surface area contributed by atoms with Gasteiger partial charge in [0.15, 0.2) is 0 Å². The Morgan fingerprint density at radius 2 is 0.695 bits per heavy atom. The number of amides is 2. The van der Waals surface area contributed by atoms with Crippen molar-refractivity contribution in [2.75, 3.05) is 10.6 Å². The predicted octanol–water partition coefficient (Wildman–Crippen LogP) is 2.81. The number of hydrogen-bond donors (Lipinski definition) is 14. The lowest BCUT2D eigenvalue weighted by Gasteiger charge is -2.13. The van der Waals surface area contributed by atoms with Crippen LogP contribution in [0.2, 0.25) is 0 Å². The zero-order chi connectivity index (χ0) is 43.2. The van der Waals surface area contributed by atoms with Crippen LogP contribution >= 0.6 is 0 Å². The first-order valence-corrected chi connectivity index (χ1v) is 17.4. The molecule has 0 aliphatic rings. The van der Waals surface area contributed by atoms with Crippen LogP contribution < -0.4 is 60.0 Å². The second-order valence-electron chi connectivity index (χ2n) is 12.5. The number of carbonyl (C=O) groups excluding carboxylic acids is 2. The van der Waals surface area contributed by atoms with Crippen LogP contribution in [-0.2, 0) is 0 Å². The van der Waals surface area contributed by atoms with Gasteiger partial charge in [0, 0.05) is 44.8 Å². The molecule has 21 nitrogen and oxygen atoms in total. The Labute approximate surface area is 338 Å². The summed E-state index contributed by atoms with van der Waals surface area (Å²) in [6.07, 6.45) is 0. The average molecular weight is 801 g/mol. The van der Waals surface area contributed by atoms with E-state index in [-0.39, 0.29) is 23.8 Å². The van der Waals surface area contributed by atoms with Crippen molar-refractivity contribution in [3.05, 3.63) is 118 Å². The van der Waals surface area contributed by atoms with Crippen LogP contribution in [0.3, 0.4) is 0 Å². The third-order valence-electron chi connectivity index (χ3n) is 7.90. The number of anilines is 2. The third kappa shape index (κ3) is 13.3. The van der Waals surface area contributed by atoms with Crippen molar-refractivity contribution in [1.29, 1.82) is 21.6 Å². The first-order valence-electron chi connectivity index (χ1n) is 17.4. The normalized spacial score (nSPS) is 11.8. The molecule has 4 aromatic carbocycles. The quantitative estimate of drug-likeness (QED) is 0.0499. The second kappa shape index (κ2) is 19.8. The van der Waals surface area contributed by atoms with Gasteiger partial charge in [0.25, 0.3) is 11.8 Å². The van der Waals surface area contributed by atoms with E-state index in [9.17, 15) is 9.59 Å². The first kappa shape index (κ1) is 43.1. The maximum Gasteiger partial charge on any atom is 0.255 e. The largest absolute Gasteiger partial charge is 0.457 e. The van der Waals surface area contributed by atoms with Crippen LogP contribution in [0.15, 0.2) is 105 Å². The summed E-state index contributed by atoms with van der Waals surface area (Å²) < 4.78 is 5.98. The van der Waals surface area contributed by atoms with E-state index >= 15 is 0 Å². The SMILES string of the molecule is C/C(=N/NC(=N)N)c1cc(NC(=O)c2ccc(Oc3ccc(C(=O)Nc4cc(/C(C)=N\NC(=N)N)cc(/C(C)=N/NC(=N)N)c4)cc3)cc2)cc(/C(C)=N\NC(=N)N)c1. The van der Waals surface area contributed by atoms with Crippen molar-refractivity contribution < 1.29 is 14.3 Å². The fourth-order valence-electron chi connectivity index (χ4n) is 4.96. The highest BCUT2D eigenvalue weighted by molar-refractivity contribution is 6.10. The van der Waals surface area contributed by atoms with Gasteiger partial charge in [0.1, 0.15) is 11.5 Å². The summed E-state index contributed by atoms with van der Waals surface area (Å²) in [5.74, 6) is -1.31. The number of hydrogen-bond acceptors (Lipinski definition) is 11. The molecule has 0 heterocycles. The minimum Gasteiger partial charge on any atom is -0.457 e. The summed E-state index contributed by atoms with van der Waals surface area (Å²) in [4.78, 5) is 26.6.